The number of halogens is 3. The van der Waals surface area contributed by atoms with Gasteiger partial charge in [-0.25, -0.2) is 0 Å². The molecule has 1 aliphatic rings. The molecule has 1 aliphatic heterocycles. The van der Waals surface area contributed by atoms with E-state index in [9.17, 15) is 13.2 Å². The van der Waals surface area contributed by atoms with Crippen molar-refractivity contribution in [2.24, 2.45) is 5.92 Å². The van der Waals surface area contributed by atoms with Gasteiger partial charge in [0.2, 0.25) is 0 Å². The first-order valence-corrected chi connectivity index (χ1v) is 6.10. The summed E-state index contributed by atoms with van der Waals surface area (Å²) in [4.78, 5) is 0. The molecule has 0 saturated carbocycles. The highest BCUT2D eigenvalue weighted by molar-refractivity contribution is 5.49. The highest BCUT2D eigenvalue weighted by Gasteiger charge is 2.29. The summed E-state index contributed by atoms with van der Waals surface area (Å²) in [7, 11) is 0. The third-order valence-corrected chi connectivity index (χ3v) is 3.18. The number of hydrogen-bond donors (Lipinski definition) is 1. The summed E-state index contributed by atoms with van der Waals surface area (Å²) >= 11 is 0. The van der Waals surface area contributed by atoms with Crippen LogP contribution in [0.4, 0.5) is 13.2 Å². The second-order valence-corrected chi connectivity index (χ2v) is 4.62. The van der Waals surface area contributed by atoms with Gasteiger partial charge in [-0.15, -0.1) is 0 Å². The lowest BCUT2D eigenvalue weighted by Gasteiger charge is -2.06. The van der Waals surface area contributed by atoms with Gasteiger partial charge < -0.3 is 5.32 Å². The third kappa shape index (κ3) is 3.60. The fourth-order valence-electron chi connectivity index (χ4n) is 2.10. The maximum Gasteiger partial charge on any atom is 0.416 e. The Hall–Kier alpha value is -1.29. The summed E-state index contributed by atoms with van der Waals surface area (Å²) in [6.45, 7) is 2.11. The van der Waals surface area contributed by atoms with Crippen LogP contribution >= 0.6 is 0 Å². The Kier molecular flexibility index (Phi) is 4.07. The number of nitrogens with one attached hydrogen (secondary N) is 1. The Balaban J connectivity index is 1.91. The van der Waals surface area contributed by atoms with E-state index in [1.165, 1.54) is 18.6 Å². The van der Waals surface area contributed by atoms with Gasteiger partial charge in [-0.3, -0.25) is 0 Å². The molecule has 1 saturated heterocycles. The van der Waals surface area contributed by atoms with Crippen molar-refractivity contribution in [2.75, 3.05) is 13.1 Å². The van der Waals surface area contributed by atoms with Crippen molar-refractivity contribution in [3.05, 3.63) is 41.5 Å². The van der Waals surface area contributed by atoms with E-state index in [4.69, 9.17) is 0 Å². The third-order valence-electron chi connectivity index (χ3n) is 3.18. The van der Waals surface area contributed by atoms with Crippen molar-refractivity contribution in [1.82, 2.24) is 5.32 Å². The highest BCUT2D eigenvalue weighted by atomic mass is 19.4. The molecule has 1 unspecified atom stereocenters. The van der Waals surface area contributed by atoms with E-state index in [-0.39, 0.29) is 0 Å². The topological polar surface area (TPSA) is 12.0 Å². The number of alkyl halides is 3. The minimum atomic E-state index is -4.25. The predicted molar refractivity (Wildman–Crippen MR) is 66.1 cm³/mol. The zero-order chi connectivity index (χ0) is 13.0. The van der Waals surface area contributed by atoms with Crippen molar-refractivity contribution in [1.29, 1.82) is 0 Å². The Morgan fingerprint density at radius 1 is 1.22 bits per heavy atom. The summed E-state index contributed by atoms with van der Waals surface area (Å²) in [5, 5.41) is 3.29. The molecule has 1 fully saturated rings. The minimum absolute atomic E-state index is 0.598. The number of benzene rings is 1. The van der Waals surface area contributed by atoms with Gasteiger partial charge in [-0.1, -0.05) is 24.3 Å². The summed E-state index contributed by atoms with van der Waals surface area (Å²) in [6, 6.07) is 5.26. The first-order chi connectivity index (χ1) is 8.55. The lowest BCUT2D eigenvalue weighted by Crippen LogP contribution is -2.08. The van der Waals surface area contributed by atoms with Gasteiger partial charge in [0.25, 0.3) is 0 Å². The van der Waals surface area contributed by atoms with Crippen LogP contribution in [-0.2, 0) is 6.18 Å². The quantitative estimate of drug-likeness (QED) is 0.868. The second kappa shape index (κ2) is 5.57. The molecule has 98 valence electrons. The van der Waals surface area contributed by atoms with Gasteiger partial charge >= 0.3 is 6.18 Å². The van der Waals surface area contributed by atoms with Crippen molar-refractivity contribution < 1.29 is 13.2 Å². The molecule has 1 aromatic rings. The zero-order valence-electron chi connectivity index (χ0n) is 10.0. The van der Waals surface area contributed by atoms with E-state index in [2.05, 4.69) is 5.32 Å². The average molecular weight is 255 g/mol. The normalized spacial score (nSPS) is 20.7. The average Bonchev–Trinajstić information content (AvgIpc) is 2.82. The molecule has 0 aromatic heterocycles. The van der Waals surface area contributed by atoms with Crippen LogP contribution in [0, 0.1) is 5.92 Å². The fourth-order valence-corrected chi connectivity index (χ4v) is 2.10. The lowest BCUT2D eigenvalue weighted by atomic mass is 10.0. The molecule has 1 aromatic carbocycles. The van der Waals surface area contributed by atoms with Crippen LogP contribution in [0.15, 0.2) is 30.3 Å². The standard InChI is InChI=1S/C14H16F3N/c15-14(16,17)13-6-4-11(5-7-13)2-1-3-12-8-9-18-10-12/h1-2,4-7,12,18H,3,8-10H2. The largest absolute Gasteiger partial charge is 0.416 e. The zero-order valence-corrected chi connectivity index (χ0v) is 10.0. The van der Waals surface area contributed by atoms with E-state index in [0.29, 0.717) is 5.92 Å². The highest BCUT2D eigenvalue weighted by Crippen LogP contribution is 2.29. The molecule has 1 nitrogen and oxygen atoms in total. The molecule has 2 rings (SSSR count). The van der Waals surface area contributed by atoms with Crippen LogP contribution in [0.25, 0.3) is 6.08 Å². The second-order valence-electron chi connectivity index (χ2n) is 4.62. The van der Waals surface area contributed by atoms with Crippen molar-refractivity contribution in [3.8, 4) is 0 Å². The Labute approximate surface area is 105 Å². The van der Waals surface area contributed by atoms with Crippen LogP contribution in [0.1, 0.15) is 24.0 Å². The molecule has 0 amide bonds. The smallest absolute Gasteiger partial charge is 0.316 e. The first kappa shape index (κ1) is 13.1. The van der Waals surface area contributed by atoms with Gasteiger partial charge in [-0.05, 0) is 49.5 Å². The van der Waals surface area contributed by atoms with E-state index < -0.39 is 11.7 Å². The first-order valence-electron chi connectivity index (χ1n) is 6.10. The predicted octanol–water partition coefficient (Wildman–Crippen LogP) is 3.72. The van der Waals surface area contributed by atoms with Gasteiger partial charge in [0.05, 0.1) is 5.56 Å². The van der Waals surface area contributed by atoms with Gasteiger partial charge in [0, 0.05) is 0 Å². The molecule has 18 heavy (non-hydrogen) atoms. The molecule has 0 bridgehead atoms. The van der Waals surface area contributed by atoms with Crippen LogP contribution in [-0.4, -0.2) is 13.1 Å². The van der Waals surface area contributed by atoms with Crippen molar-refractivity contribution in [3.63, 3.8) is 0 Å². The van der Waals surface area contributed by atoms with Gasteiger partial charge in [-0.2, -0.15) is 13.2 Å². The molecule has 1 heterocycles. The van der Waals surface area contributed by atoms with Crippen LogP contribution < -0.4 is 5.32 Å². The Morgan fingerprint density at radius 2 is 1.94 bits per heavy atom. The fraction of sp³-hybridized carbons (Fsp3) is 0.429. The maximum atomic E-state index is 12.4. The maximum absolute atomic E-state index is 12.4. The molecule has 0 spiro atoms. The number of hydrogen-bond acceptors (Lipinski definition) is 1. The van der Waals surface area contributed by atoms with Crippen LogP contribution in [0.3, 0.4) is 0 Å². The van der Waals surface area contributed by atoms with E-state index in [1.807, 2.05) is 12.2 Å². The summed E-state index contributed by atoms with van der Waals surface area (Å²) in [5.74, 6) is 0.663. The summed E-state index contributed by atoms with van der Waals surface area (Å²) in [5.41, 5.74) is 0.216. The Bertz CT molecular complexity index is 400. The molecular formula is C14H16F3N. The molecule has 0 radical (unpaired) electrons. The number of rotatable bonds is 3. The lowest BCUT2D eigenvalue weighted by molar-refractivity contribution is -0.137. The summed E-state index contributed by atoms with van der Waals surface area (Å²) in [6.07, 6.45) is 1.84. The monoisotopic (exact) mass is 255 g/mol. The van der Waals surface area contributed by atoms with E-state index in [0.717, 1.165) is 37.2 Å². The molecular weight excluding hydrogens is 239 g/mol. The van der Waals surface area contributed by atoms with E-state index in [1.54, 1.807) is 0 Å². The SMILES string of the molecule is FC(F)(F)c1ccc(C=CCC2CCNC2)cc1. The molecule has 0 aliphatic carbocycles. The van der Waals surface area contributed by atoms with Crippen LogP contribution in [0.2, 0.25) is 0 Å². The summed E-state index contributed by atoms with van der Waals surface area (Å²) < 4.78 is 37.1. The van der Waals surface area contributed by atoms with E-state index >= 15 is 0 Å². The molecule has 4 heteroatoms. The van der Waals surface area contributed by atoms with Crippen molar-refractivity contribution in [2.45, 2.75) is 19.0 Å². The number of allylic oxidation sites excluding steroid dienone is 1. The minimum Gasteiger partial charge on any atom is -0.316 e. The Morgan fingerprint density at radius 3 is 2.50 bits per heavy atom. The molecule has 1 N–H and O–H groups in total. The van der Waals surface area contributed by atoms with Crippen LogP contribution in [0.5, 0.6) is 0 Å². The van der Waals surface area contributed by atoms with Gasteiger partial charge in [0.15, 0.2) is 0 Å². The van der Waals surface area contributed by atoms with Gasteiger partial charge in [0.1, 0.15) is 0 Å². The molecule has 1 atom stereocenters. The van der Waals surface area contributed by atoms with Crippen molar-refractivity contribution >= 4 is 6.08 Å².